The molecule has 0 N–H and O–H groups in total. The molecule has 0 saturated heterocycles. The summed E-state index contributed by atoms with van der Waals surface area (Å²) in [6.07, 6.45) is 0. The third-order valence-corrected chi connectivity index (χ3v) is 4.06. The van der Waals surface area contributed by atoms with Crippen molar-refractivity contribution in [1.29, 1.82) is 0 Å². The maximum atomic E-state index is 13.7. The summed E-state index contributed by atoms with van der Waals surface area (Å²) < 4.78 is 18.7. The second-order valence-corrected chi connectivity index (χ2v) is 5.59. The van der Waals surface area contributed by atoms with Crippen LogP contribution in [0.5, 0.6) is 5.75 Å². The number of methoxy groups -OCH3 is 1. The minimum Gasteiger partial charge on any atom is -0.494 e. The molecule has 1 unspecified atom stereocenters. The van der Waals surface area contributed by atoms with Gasteiger partial charge in [0, 0.05) is 0 Å². The molecule has 2 aromatic rings. The van der Waals surface area contributed by atoms with Crippen molar-refractivity contribution in [3.63, 3.8) is 0 Å². The van der Waals surface area contributed by atoms with Crippen molar-refractivity contribution in [3.8, 4) is 5.75 Å². The Morgan fingerprint density at radius 3 is 2.16 bits per heavy atom. The SMILES string of the molecule is COc1ccc(C(Br)c2cc(C)cc(C)c2)cc1F. The predicted molar refractivity (Wildman–Crippen MR) is 79.6 cm³/mol. The van der Waals surface area contributed by atoms with Gasteiger partial charge in [-0.15, -0.1) is 0 Å². The molecular weight excluding hydrogens is 307 g/mol. The minimum atomic E-state index is -0.339. The van der Waals surface area contributed by atoms with Crippen LogP contribution in [0.25, 0.3) is 0 Å². The van der Waals surface area contributed by atoms with Crippen LogP contribution in [0.15, 0.2) is 36.4 Å². The van der Waals surface area contributed by atoms with Gasteiger partial charge in [0.05, 0.1) is 11.9 Å². The van der Waals surface area contributed by atoms with Gasteiger partial charge in [0.25, 0.3) is 0 Å². The first-order valence-electron chi connectivity index (χ1n) is 6.07. The van der Waals surface area contributed by atoms with Crippen molar-refractivity contribution in [2.24, 2.45) is 0 Å². The Labute approximate surface area is 121 Å². The Morgan fingerprint density at radius 2 is 1.63 bits per heavy atom. The molecule has 0 spiro atoms. The quantitative estimate of drug-likeness (QED) is 0.727. The zero-order chi connectivity index (χ0) is 14.0. The molecule has 1 nitrogen and oxygen atoms in total. The lowest BCUT2D eigenvalue weighted by atomic mass is 10.0. The number of aryl methyl sites for hydroxylation is 2. The fourth-order valence-electron chi connectivity index (χ4n) is 2.19. The molecule has 0 radical (unpaired) electrons. The highest BCUT2D eigenvalue weighted by atomic mass is 79.9. The maximum Gasteiger partial charge on any atom is 0.165 e. The van der Waals surface area contributed by atoms with Crippen molar-refractivity contribution in [2.45, 2.75) is 18.7 Å². The van der Waals surface area contributed by atoms with E-state index in [1.165, 1.54) is 24.3 Å². The minimum absolute atomic E-state index is 0.0218. The van der Waals surface area contributed by atoms with Crippen LogP contribution in [0.2, 0.25) is 0 Å². The average Bonchev–Trinajstić information content (AvgIpc) is 2.36. The lowest BCUT2D eigenvalue weighted by molar-refractivity contribution is 0.386. The first-order valence-corrected chi connectivity index (χ1v) is 6.98. The monoisotopic (exact) mass is 322 g/mol. The van der Waals surface area contributed by atoms with Crippen molar-refractivity contribution in [3.05, 3.63) is 64.5 Å². The number of hydrogen-bond acceptors (Lipinski definition) is 1. The summed E-state index contributed by atoms with van der Waals surface area (Å²) in [5.74, 6) is -0.0716. The zero-order valence-electron chi connectivity index (χ0n) is 11.2. The molecule has 0 heterocycles. The van der Waals surface area contributed by atoms with Gasteiger partial charge in [-0.05, 0) is 37.1 Å². The van der Waals surface area contributed by atoms with Gasteiger partial charge in [0.1, 0.15) is 0 Å². The van der Waals surface area contributed by atoms with Gasteiger partial charge in [0.2, 0.25) is 0 Å². The normalized spacial score (nSPS) is 12.3. The Morgan fingerprint density at radius 1 is 1.00 bits per heavy atom. The Balaban J connectivity index is 2.38. The van der Waals surface area contributed by atoms with Crippen LogP contribution in [0, 0.1) is 19.7 Å². The average molecular weight is 323 g/mol. The van der Waals surface area contributed by atoms with E-state index in [1.54, 1.807) is 6.07 Å². The van der Waals surface area contributed by atoms with E-state index in [4.69, 9.17) is 4.74 Å². The van der Waals surface area contributed by atoms with Gasteiger partial charge < -0.3 is 4.74 Å². The molecule has 0 saturated carbocycles. The molecule has 0 aliphatic carbocycles. The molecule has 19 heavy (non-hydrogen) atoms. The number of benzene rings is 2. The molecule has 0 fully saturated rings. The molecule has 0 aliphatic heterocycles. The highest BCUT2D eigenvalue weighted by molar-refractivity contribution is 9.09. The van der Waals surface area contributed by atoms with E-state index in [2.05, 4.69) is 48.0 Å². The molecule has 100 valence electrons. The predicted octanol–water partition coefficient (Wildman–Crippen LogP) is 4.94. The van der Waals surface area contributed by atoms with Crippen molar-refractivity contribution in [2.75, 3.05) is 7.11 Å². The fraction of sp³-hybridized carbons (Fsp3) is 0.250. The maximum absolute atomic E-state index is 13.7. The first-order chi connectivity index (χ1) is 9.01. The molecular formula is C16H16BrFO. The van der Waals surface area contributed by atoms with Crippen molar-refractivity contribution >= 4 is 15.9 Å². The van der Waals surface area contributed by atoms with Crippen LogP contribution in [-0.2, 0) is 0 Å². The van der Waals surface area contributed by atoms with E-state index in [-0.39, 0.29) is 16.4 Å². The van der Waals surface area contributed by atoms with Gasteiger partial charge in [-0.25, -0.2) is 4.39 Å². The summed E-state index contributed by atoms with van der Waals surface area (Å²) in [6.45, 7) is 4.12. The second kappa shape index (κ2) is 5.74. The van der Waals surface area contributed by atoms with E-state index >= 15 is 0 Å². The van der Waals surface area contributed by atoms with E-state index < -0.39 is 0 Å². The smallest absolute Gasteiger partial charge is 0.165 e. The molecule has 0 aromatic heterocycles. The summed E-state index contributed by atoms with van der Waals surface area (Å²) in [6, 6.07) is 11.4. The summed E-state index contributed by atoms with van der Waals surface area (Å²) in [4.78, 5) is -0.0218. The second-order valence-electron chi connectivity index (χ2n) is 4.68. The number of alkyl halides is 1. The molecule has 2 rings (SSSR count). The van der Waals surface area contributed by atoms with E-state index in [1.807, 2.05) is 6.07 Å². The lowest BCUT2D eigenvalue weighted by Crippen LogP contribution is -1.97. The van der Waals surface area contributed by atoms with Gasteiger partial charge in [0.15, 0.2) is 11.6 Å². The summed E-state index contributed by atoms with van der Waals surface area (Å²) >= 11 is 3.64. The zero-order valence-corrected chi connectivity index (χ0v) is 12.8. The van der Waals surface area contributed by atoms with E-state index in [9.17, 15) is 4.39 Å². The third-order valence-electron chi connectivity index (χ3n) is 3.01. The highest BCUT2D eigenvalue weighted by Gasteiger charge is 2.13. The van der Waals surface area contributed by atoms with Crippen LogP contribution in [-0.4, -0.2) is 7.11 Å². The third kappa shape index (κ3) is 3.16. The molecule has 2 aromatic carbocycles. The van der Waals surface area contributed by atoms with Crippen LogP contribution >= 0.6 is 15.9 Å². The Bertz CT molecular complexity index is 575. The fourth-order valence-corrected chi connectivity index (χ4v) is 2.74. The van der Waals surface area contributed by atoms with E-state index in [0.29, 0.717) is 0 Å². The lowest BCUT2D eigenvalue weighted by Gasteiger charge is -2.13. The highest BCUT2D eigenvalue weighted by Crippen LogP contribution is 2.33. The Kier molecular flexibility index (Phi) is 4.25. The van der Waals surface area contributed by atoms with Crippen LogP contribution < -0.4 is 4.74 Å². The number of rotatable bonds is 3. The van der Waals surface area contributed by atoms with E-state index in [0.717, 1.165) is 11.1 Å². The number of ether oxygens (including phenoxy) is 1. The number of halogens is 2. The van der Waals surface area contributed by atoms with Gasteiger partial charge in [-0.2, -0.15) is 0 Å². The summed E-state index contributed by atoms with van der Waals surface area (Å²) in [7, 11) is 1.47. The van der Waals surface area contributed by atoms with Gasteiger partial charge in [-0.3, -0.25) is 0 Å². The van der Waals surface area contributed by atoms with Gasteiger partial charge >= 0.3 is 0 Å². The standard InChI is InChI=1S/C16H16BrFO/c1-10-6-11(2)8-13(7-10)16(17)12-4-5-15(19-3)14(18)9-12/h4-9,16H,1-3H3. The first kappa shape index (κ1) is 14.1. The van der Waals surface area contributed by atoms with Crippen molar-refractivity contribution in [1.82, 2.24) is 0 Å². The molecule has 3 heteroatoms. The largest absolute Gasteiger partial charge is 0.494 e. The molecule has 1 atom stereocenters. The van der Waals surface area contributed by atoms with Crippen LogP contribution in [0.3, 0.4) is 0 Å². The summed E-state index contributed by atoms with van der Waals surface area (Å²) in [5.41, 5.74) is 4.41. The number of hydrogen-bond donors (Lipinski definition) is 0. The van der Waals surface area contributed by atoms with Crippen LogP contribution in [0.1, 0.15) is 27.1 Å². The molecule has 0 bridgehead atoms. The topological polar surface area (TPSA) is 9.23 Å². The van der Waals surface area contributed by atoms with Crippen molar-refractivity contribution < 1.29 is 9.13 Å². The molecule has 0 amide bonds. The van der Waals surface area contributed by atoms with Gasteiger partial charge in [-0.1, -0.05) is 51.3 Å². The Hall–Kier alpha value is -1.35. The van der Waals surface area contributed by atoms with Crippen LogP contribution in [0.4, 0.5) is 4.39 Å². The summed E-state index contributed by atoms with van der Waals surface area (Å²) in [5, 5.41) is 0. The molecule has 0 aliphatic rings.